The van der Waals surface area contributed by atoms with E-state index in [2.05, 4.69) is 26.8 Å². The van der Waals surface area contributed by atoms with Crippen LogP contribution in [0.15, 0.2) is 0 Å². The van der Waals surface area contributed by atoms with E-state index in [-0.39, 0.29) is 78.0 Å². The molecule has 0 amide bonds. The summed E-state index contributed by atoms with van der Waals surface area (Å²) in [6.45, 7) is 18.4. The van der Waals surface area contributed by atoms with E-state index in [0.717, 1.165) is 5.28 Å². The first kappa shape index (κ1) is 77.4. The summed E-state index contributed by atoms with van der Waals surface area (Å²) in [5.41, 5.74) is 0. The molecule has 0 unspecified atom stereocenters. The summed E-state index contributed by atoms with van der Waals surface area (Å²) >= 11 is 8.47. The molecule has 0 saturated carbocycles. The van der Waals surface area contributed by atoms with Crippen LogP contribution < -0.4 is 0 Å². The van der Waals surface area contributed by atoms with E-state index in [1.54, 1.807) is 85.9 Å². The molecule has 0 nitrogen and oxygen atoms in total. The van der Waals surface area contributed by atoms with Gasteiger partial charge in [0.15, 0.2) is 0 Å². The fourth-order valence-electron chi connectivity index (χ4n) is 0. The van der Waals surface area contributed by atoms with E-state index in [1.165, 1.54) is 10.1 Å². The average molecular weight is 1610 g/mol. The van der Waals surface area contributed by atoms with Gasteiger partial charge in [0.05, 0.1) is 0 Å². The maximum atomic E-state index is 2.27. The fraction of sp³-hybridized carbons (Fsp3) is 0.867. The van der Waals surface area contributed by atoms with Crippen LogP contribution in [0.3, 0.4) is 0 Å². The van der Waals surface area contributed by atoms with Gasteiger partial charge in [-0.2, -0.15) is 11.8 Å². The normalized spacial score (nSPS) is 4.68. The minimum absolute atomic E-state index is 0. The maximum Gasteiger partial charge on any atom is 0 e. The van der Waals surface area contributed by atoms with Gasteiger partial charge >= 0.3 is 116 Å². The first-order valence-corrected chi connectivity index (χ1v) is 23.4. The Bertz CT molecular complexity index is 181. The molecule has 0 atom stereocenters. The van der Waals surface area contributed by atoms with Crippen molar-refractivity contribution in [3.05, 3.63) is 7.43 Å². The van der Waals surface area contributed by atoms with Crippen molar-refractivity contribution in [2.45, 2.75) is 62.8 Å². The quantitative estimate of drug-likeness (QED) is 0.142. The molecule has 0 heterocycles. The molecular weight excluding hydrogens is 1560 g/mol. The number of hydrogen-bond acceptors (Lipinski definition) is 2. The van der Waals surface area contributed by atoms with Crippen molar-refractivity contribution in [1.29, 1.82) is 0 Å². The molecule has 0 saturated heterocycles. The van der Waals surface area contributed by atoms with Crippen molar-refractivity contribution < 1.29 is 137 Å². The Hall–Kier alpha value is 5.69. The number of thioether (sulfide) groups is 1. The first-order chi connectivity index (χ1) is 9.29. The Kier molecular flexibility index (Phi) is 404. The second kappa shape index (κ2) is 130. The molecule has 0 aliphatic rings. The number of hydrogen-bond donors (Lipinski definition) is 0. The predicted octanol–water partition coefficient (Wildman–Crippen LogP) is 7.06. The average Bonchev–Trinajstić information content (AvgIpc) is 2.36. The maximum absolute atomic E-state index is 2.27. The van der Waals surface area contributed by atoms with Gasteiger partial charge in [-0.25, -0.2) is 0 Å². The van der Waals surface area contributed by atoms with Crippen molar-refractivity contribution in [3.63, 3.8) is 0 Å². The molecule has 0 fully saturated rings. The molecule has 0 spiro atoms. The van der Waals surface area contributed by atoms with Gasteiger partial charge in [-0.3, -0.25) is 0 Å². The van der Waals surface area contributed by atoms with Crippen molar-refractivity contribution in [2.24, 2.45) is 0 Å². The van der Waals surface area contributed by atoms with E-state index >= 15 is 0 Å². The van der Waals surface area contributed by atoms with E-state index in [0.29, 0.717) is 0 Å². The summed E-state index contributed by atoms with van der Waals surface area (Å²) < 4.78 is 1.50. The Morgan fingerprint density at radius 2 is 0.840 bits per heavy atom. The minimum atomic E-state index is 0. The number of rotatable bonds is 0. The second-order valence-electron chi connectivity index (χ2n) is 1.90. The van der Waals surface area contributed by atoms with Crippen LogP contribution in [0.5, 0.6) is 0 Å². The molecule has 0 aliphatic carbocycles. The van der Waals surface area contributed by atoms with E-state index in [1.807, 2.05) is 54.1 Å². The molecule has 0 aromatic carbocycles. The zero-order valence-corrected chi connectivity index (χ0v) is 40.7. The zero-order chi connectivity index (χ0) is 18.6. The van der Waals surface area contributed by atoms with Gasteiger partial charge in [-0.05, 0) is 12.5 Å². The van der Waals surface area contributed by atoms with Gasteiger partial charge in [-0.15, -0.1) is 0 Å². The van der Waals surface area contributed by atoms with Crippen LogP contribution in [0, 0.1) is 7.43 Å². The van der Waals surface area contributed by atoms with Crippen molar-refractivity contribution in [3.8, 4) is 0 Å². The van der Waals surface area contributed by atoms with Crippen molar-refractivity contribution in [1.82, 2.24) is 0 Å². The summed E-state index contributed by atoms with van der Waals surface area (Å²) in [7, 11) is 0. The van der Waals surface area contributed by atoms with Gasteiger partial charge in [-0.1, -0.05) is 49.0 Å². The van der Waals surface area contributed by atoms with Gasteiger partial charge in [0.1, 0.15) is 0 Å². The van der Waals surface area contributed by atoms with Crippen LogP contribution in [0.4, 0.5) is 0 Å². The Morgan fingerprint density at radius 1 is 0.840 bits per heavy atom. The first-order valence-electron chi connectivity index (χ1n) is 6.39. The van der Waals surface area contributed by atoms with Crippen LogP contribution in [-0.4, -0.2) is 29.3 Å². The topological polar surface area (TPSA) is 0 Å². The molecule has 0 N–H and O–H groups in total. The molecule has 10 heteroatoms. The standard InChI is InChI=1S/C3H6.C2H6S.3C2H6.CH3P.CH4S.CH4.CH3.7W/c2*1-3-2;5*1-2;;;;;;;;;/h2*1-2H3;3*1-2H3;1H3;2H,1H3;1H4;1H3;;;;;;;/q;;;;;;;;-1;;;;;;;/p-1. The molecule has 0 aromatic heterocycles. The SMILES string of the molecule is C.CC.CC.CC.CSC.C[C](C)=[W].C[P]=[W].C[S-](=[W])=[W].[CH3-].[W].[W].[W]. The molecular formula is C15H43PS2W7-2. The van der Waals surface area contributed by atoms with E-state index < -0.39 is 0 Å². The summed E-state index contributed by atoms with van der Waals surface area (Å²) in [5.74, 6) is 0. The molecule has 0 aromatic rings. The van der Waals surface area contributed by atoms with Crippen LogP contribution >= 0.6 is 18.0 Å². The molecule has 164 valence electrons. The third-order valence-electron chi connectivity index (χ3n) is 0. The fourth-order valence-corrected chi connectivity index (χ4v) is 0. The Labute approximate surface area is 255 Å². The van der Waals surface area contributed by atoms with Crippen LogP contribution in [0.25, 0.3) is 0 Å². The second-order valence-corrected chi connectivity index (χ2v) is 31.4. The summed E-state index contributed by atoms with van der Waals surface area (Å²) in [6, 6.07) is 0. The smallest absolute Gasteiger partial charge is 0 e. The van der Waals surface area contributed by atoms with Gasteiger partial charge in [0, 0.05) is 63.2 Å². The third kappa shape index (κ3) is 703. The summed E-state index contributed by atoms with van der Waals surface area (Å²) in [6.07, 6.45) is 7.85. The van der Waals surface area contributed by atoms with E-state index in [9.17, 15) is 0 Å². The minimum Gasteiger partial charge on any atom is -0.358 e. The largest absolute Gasteiger partial charge is 0.358 e. The monoisotopic (exact) mass is 1610 g/mol. The predicted molar refractivity (Wildman–Crippen MR) is 109 cm³/mol. The Balaban J connectivity index is -0.00000000777. The Morgan fingerprint density at radius 3 is 0.840 bits per heavy atom. The zero-order valence-electron chi connectivity index (χ0n) is 17.6. The van der Waals surface area contributed by atoms with Gasteiger partial charge in [0.2, 0.25) is 0 Å². The van der Waals surface area contributed by atoms with Gasteiger partial charge < -0.3 is 7.43 Å². The van der Waals surface area contributed by atoms with E-state index in [4.69, 9.17) is 0 Å². The molecule has 0 bridgehead atoms. The third-order valence-corrected chi connectivity index (χ3v) is 0. The molecule has 0 radical (unpaired) electrons. The summed E-state index contributed by atoms with van der Waals surface area (Å²) in [4.78, 5) is 0. The van der Waals surface area contributed by atoms with Crippen LogP contribution in [-0.2, 0) is 143 Å². The molecule has 0 rings (SSSR count). The van der Waals surface area contributed by atoms with Crippen LogP contribution in [0.1, 0.15) is 62.8 Å². The van der Waals surface area contributed by atoms with Crippen molar-refractivity contribution in [2.75, 3.05) is 25.4 Å². The summed E-state index contributed by atoms with van der Waals surface area (Å²) in [5, 5.41) is 0.806. The molecule has 0 aliphatic heterocycles. The van der Waals surface area contributed by atoms with Gasteiger partial charge in [0.25, 0.3) is 0 Å². The van der Waals surface area contributed by atoms with Crippen molar-refractivity contribution >= 4 is 27.2 Å². The molecule has 25 heavy (non-hydrogen) atoms. The van der Waals surface area contributed by atoms with Crippen LogP contribution in [0.2, 0.25) is 0 Å².